The quantitative estimate of drug-likeness (QED) is 0.507. The maximum Gasteiger partial charge on any atom is 0.318 e. The number of nitrogens with zero attached hydrogens (tertiary/aromatic N) is 2. The van der Waals surface area contributed by atoms with Crippen molar-refractivity contribution in [3.63, 3.8) is 0 Å². The molecule has 0 aliphatic carbocycles. The van der Waals surface area contributed by atoms with Gasteiger partial charge in [-0.25, -0.2) is 4.79 Å². The first-order valence-corrected chi connectivity index (χ1v) is 12.1. The molecule has 1 N–H and O–H groups in total. The standard InChI is InChI=1S/C28H30ClN3O/c1-32(20-22-9-8-14-25(29)19-22)17-15-26(16-18-32)31-21-28(30-27(31)33,23-10-4-2-5-11-23)24-12-6-3-7-13-24/h2-14,19,26H,15-18,20-21H2,1H3/p+1. The number of likely N-dealkylation sites (tertiary alicyclic amines) is 1. The van der Waals surface area contributed by atoms with Gasteiger partial charge in [-0.3, -0.25) is 0 Å². The Morgan fingerprint density at radius 3 is 2.12 bits per heavy atom. The van der Waals surface area contributed by atoms with Gasteiger partial charge in [-0.2, -0.15) is 0 Å². The van der Waals surface area contributed by atoms with Crippen molar-refractivity contribution in [2.75, 3.05) is 26.7 Å². The lowest BCUT2D eigenvalue weighted by atomic mass is 9.83. The van der Waals surface area contributed by atoms with Crippen LogP contribution < -0.4 is 5.32 Å². The summed E-state index contributed by atoms with van der Waals surface area (Å²) in [6, 6.07) is 29.2. The van der Waals surface area contributed by atoms with Crippen LogP contribution >= 0.6 is 11.6 Å². The summed E-state index contributed by atoms with van der Waals surface area (Å²) >= 11 is 6.20. The van der Waals surface area contributed by atoms with Crippen LogP contribution in [0.3, 0.4) is 0 Å². The van der Waals surface area contributed by atoms with Crippen molar-refractivity contribution in [1.29, 1.82) is 0 Å². The normalized spacial score (nSPS) is 24.5. The second-order valence-electron chi connectivity index (χ2n) is 9.78. The summed E-state index contributed by atoms with van der Waals surface area (Å²) in [6.07, 6.45) is 2.01. The largest absolute Gasteiger partial charge is 0.323 e. The maximum absolute atomic E-state index is 13.3. The first-order valence-electron chi connectivity index (χ1n) is 11.8. The summed E-state index contributed by atoms with van der Waals surface area (Å²) in [5.41, 5.74) is 3.01. The zero-order chi connectivity index (χ0) is 22.9. The van der Waals surface area contributed by atoms with Crippen LogP contribution in [0.4, 0.5) is 4.79 Å². The van der Waals surface area contributed by atoms with Crippen molar-refractivity contribution >= 4 is 17.6 Å². The summed E-state index contributed by atoms with van der Waals surface area (Å²) in [5.74, 6) is 0. The Hall–Kier alpha value is -2.82. The summed E-state index contributed by atoms with van der Waals surface area (Å²) < 4.78 is 0.981. The molecule has 2 aliphatic heterocycles. The molecule has 33 heavy (non-hydrogen) atoms. The van der Waals surface area contributed by atoms with Crippen LogP contribution in [0.1, 0.15) is 29.5 Å². The van der Waals surface area contributed by atoms with E-state index in [0.717, 1.165) is 53.1 Å². The van der Waals surface area contributed by atoms with Crippen molar-refractivity contribution in [2.45, 2.75) is 31.0 Å². The van der Waals surface area contributed by atoms with Gasteiger partial charge in [-0.15, -0.1) is 0 Å². The average Bonchev–Trinajstić information content (AvgIpc) is 3.19. The fourth-order valence-electron chi connectivity index (χ4n) is 5.58. The van der Waals surface area contributed by atoms with E-state index in [1.165, 1.54) is 5.56 Å². The first kappa shape index (κ1) is 22.0. The Morgan fingerprint density at radius 2 is 1.55 bits per heavy atom. The zero-order valence-corrected chi connectivity index (χ0v) is 19.8. The van der Waals surface area contributed by atoms with Gasteiger partial charge in [-0.1, -0.05) is 84.4 Å². The number of piperidine rings is 1. The third-order valence-corrected chi connectivity index (χ3v) is 7.66. The van der Waals surface area contributed by atoms with Gasteiger partial charge in [0.05, 0.1) is 26.7 Å². The predicted molar refractivity (Wildman–Crippen MR) is 133 cm³/mol. The molecule has 2 heterocycles. The fourth-order valence-corrected chi connectivity index (χ4v) is 5.79. The monoisotopic (exact) mass is 460 g/mol. The van der Waals surface area contributed by atoms with Crippen LogP contribution in [0.25, 0.3) is 0 Å². The number of amides is 2. The second-order valence-corrected chi connectivity index (χ2v) is 10.2. The molecule has 0 radical (unpaired) electrons. The van der Waals surface area contributed by atoms with Crippen LogP contribution in [0.2, 0.25) is 5.02 Å². The number of carbonyl (C=O) groups is 1. The van der Waals surface area contributed by atoms with E-state index in [0.29, 0.717) is 6.54 Å². The van der Waals surface area contributed by atoms with Crippen molar-refractivity contribution in [3.05, 3.63) is 107 Å². The van der Waals surface area contributed by atoms with Crippen LogP contribution in [0.15, 0.2) is 84.9 Å². The lowest BCUT2D eigenvalue weighted by Crippen LogP contribution is -2.54. The number of hydrogen-bond acceptors (Lipinski definition) is 1. The molecular formula is C28H31ClN3O+. The number of halogens is 1. The second kappa shape index (κ2) is 8.85. The Labute approximate surface area is 201 Å². The highest BCUT2D eigenvalue weighted by Gasteiger charge is 2.48. The molecular weight excluding hydrogens is 430 g/mol. The third kappa shape index (κ3) is 4.38. The highest BCUT2D eigenvalue weighted by molar-refractivity contribution is 6.30. The summed E-state index contributed by atoms with van der Waals surface area (Å²) in [4.78, 5) is 15.4. The van der Waals surface area contributed by atoms with E-state index in [4.69, 9.17) is 11.6 Å². The molecule has 0 spiro atoms. The van der Waals surface area contributed by atoms with E-state index in [2.05, 4.69) is 53.7 Å². The summed E-state index contributed by atoms with van der Waals surface area (Å²) in [7, 11) is 2.32. The van der Waals surface area contributed by atoms with Crippen LogP contribution in [-0.2, 0) is 12.1 Å². The molecule has 2 fully saturated rings. The van der Waals surface area contributed by atoms with Gasteiger partial charge in [0.2, 0.25) is 0 Å². The van der Waals surface area contributed by atoms with Gasteiger partial charge in [0.25, 0.3) is 0 Å². The number of urea groups is 1. The number of rotatable bonds is 5. The smallest absolute Gasteiger partial charge is 0.318 e. The van der Waals surface area contributed by atoms with Crippen LogP contribution in [0.5, 0.6) is 0 Å². The fraction of sp³-hybridized carbons (Fsp3) is 0.321. The zero-order valence-electron chi connectivity index (χ0n) is 19.1. The van der Waals surface area contributed by atoms with E-state index in [1.807, 2.05) is 48.5 Å². The number of carbonyl (C=O) groups excluding carboxylic acids is 1. The maximum atomic E-state index is 13.3. The number of quaternary nitrogens is 1. The van der Waals surface area contributed by atoms with Crippen molar-refractivity contribution < 1.29 is 9.28 Å². The van der Waals surface area contributed by atoms with E-state index in [-0.39, 0.29) is 12.1 Å². The number of benzene rings is 3. The predicted octanol–water partition coefficient (Wildman–Crippen LogP) is 5.42. The number of nitrogens with one attached hydrogen (secondary N) is 1. The molecule has 170 valence electrons. The lowest BCUT2D eigenvalue weighted by Gasteiger charge is -2.43. The molecule has 0 atom stereocenters. The molecule has 0 unspecified atom stereocenters. The Morgan fingerprint density at radius 1 is 0.939 bits per heavy atom. The van der Waals surface area contributed by atoms with Crippen LogP contribution in [0, 0.1) is 0 Å². The average molecular weight is 461 g/mol. The van der Waals surface area contributed by atoms with E-state index >= 15 is 0 Å². The molecule has 0 aromatic heterocycles. The topological polar surface area (TPSA) is 32.3 Å². The minimum absolute atomic E-state index is 0.0404. The van der Waals surface area contributed by atoms with E-state index < -0.39 is 5.54 Å². The molecule has 5 rings (SSSR count). The molecule has 0 saturated carbocycles. The molecule has 2 amide bonds. The van der Waals surface area contributed by atoms with Gasteiger partial charge >= 0.3 is 6.03 Å². The van der Waals surface area contributed by atoms with Gasteiger partial charge < -0.3 is 14.7 Å². The third-order valence-electron chi connectivity index (χ3n) is 7.42. The Balaban J connectivity index is 1.34. The van der Waals surface area contributed by atoms with Crippen LogP contribution in [-0.4, -0.2) is 48.1 Å². The van der Waals surface area contributed by atoms with Crippen molar-refractivity contribution in [3.8, 4) is 0 Å². The number of hydrogen-bond donors (Lipinski definition) is 1. The Bertz CT molecular complexity index is 1070. The minimum Gasteiger partial charge on any atom is -0.323 e. The SMILES string of the molecule is C[N+]1(Cc2cccc(Cl)c2)CCC(N2CC(c3ccccc3)(c3ccccc3)NC2=O)CC1. The molecule has 2 saturated heterocycles. The highest BCUT2D eigenvalue weighted by Crippen LogP contribution is 2.37. The highest BCUT2D eigenvalue weighted by atomic mass is 35.5. The summed E-state index contributed by atoms with van der Waals surface area (Å²) in [6.45, 7) is 3.72. The van der Waals surface area contributed by atoms with Gasteiger partial charge in [0.1, 0.15) is 12.1 Å². The lowest BCUT2D eigenvalue weighted by molar-refractivity contribution is -0.927. The molecule has 0 bridgehead atoms. The molecule has 5 heteroatoms. The van der Waals surface area contributed by atoms with Crippen molar-refractivity contribution in [2.24, 2.45) is 0 Å². The molecule has 4 nitrogen and oxygen atoms in total. The first-order chi connectivity index (χ1) is 16.0. The molecule has 3 aromatic rings. The van der Waals surface area contributed by atoms with Gasteiger partial charge in [0.15, 0.2) is 0 Å². The van der Waals surface area contributed by atoms with E-state index in [1.54, 1.807) is 0 Å². The molecule has 2 aliphatic rings. The van der Waals surface area contributed by atoms with E-state index in [9.17, 15) is 4.79 Å². The minimum atomic E-state index is -0.518. The van der Waals surface area contributed by atoms with Gasteiger partial charge in [0, 0.05) is 29.5 Å². The van der Waals surface area contributed by atoms with Gasteiger partial charge in [-0.05, 0) is 23.3 Å². The van der Waals surface area contributed by atoms with Crippen molar-refractivity contribution in [1.82, 2.24) is 10.2 Å². The Kier molecular flexibility index (Phi) is 5.90. The summed E-state index contributed by atoms with van der Waals surface area (Å²) in [5, 5.41) is 4.17. The molecule has 3 aromatic carbocycles.